The fraction of sp³-hybridized carbons (Fsp3) is 0.154. The number of rotatable bonds is 5. The van der Waals surface area contributed by atoms with Gasteiger partial charge < -0.3 is 19.4 Å². The molecule has 3 heterocycles. The highest BCUT2D eigenvalue weighted by atomic mass is 35.5. The molecule has 7 heteroatoms. The van der Waals surface area contributed by atoms with Crippen molar-refractivity contribution < 1.29 is 9.15 Å². The lowest BCUT2D eigenvalue weighted by Gasteiger charge is -2.27. The van der Waals surface area contributed by atoms with Crippen molar-refractivity contribution in [1.29, 1.82) is 0 Å². The quantitative estimate of drug-likeness (QED) is 0.333. The van der Waals surface area contributed by atoms with Crippen molar-refractivity contribution in [2.75, 3.05) is 12.0 Å². The van der Waals surface area contributed by atoms with Crippen molar-refractivity contribution in [3.8, 4) is 17.1 Å². The summed E-state index contributed by atoms with van der Waals surface area (Å²) in [5.74, 6) is 2.23. The Hall–Kier alpha value is -3.35. The molecule has 0 bridgehead atoms. The van der Waals surface area contributed by atoms with Gasteiger partial charge in [0.1, 0.15) is 23.3 Å². The van der Waals surface area contributed by atoms with E-state index >= 15 is 0 Å². The number of aryl methyl sites for hydroxylation is 1. The third kappa shape index (κ3) is 3.96. The summed E-state index contributed by atoms with van der Waals surface area (Å²) in [6, 6.07) is 23.1. The molecule has 2 atom stereocenters. The van der Waals surface area contributed by atoms with Gasteiger partial charge in [0.15, 0.2) is 5.11 Å². The Bertz CT molecular complexity index is 1310. The average Bonchev–Trinajstić information content (AvgIpc) is 3.46. The van der Waals surface area contributed by atoms with Crippen LogP contribution in [0.2, 0.25) is 5.02 Å². The van der Waals surface area contributed by atoms with E-state index in [2.05, 4.69) is 10.3 Å². The molecule has 1 fully saturated rings. The zero-order chi connectivity index (χ0) is 22.9. The number of hydrogen-bond donors (Lipinski definition) is 1. The maximum Gasteiger partial charge on any atom is 0.174 e. The number of pyridine rings is 1. The average molecular weight is 476 g/mol. The Balaban J connectivity index is 1.62. The SMILES string of the molecule is COc1ccccc1N1C(=S)N[C@@H](c2ccccn2)[C@H]1c1ccc(-c2ccc(C)c(Cl)c2)o1. The first-order chi connectivity index (χ1) is 16.1. The topological polar surface area (TPSA) is 50.5 Å². The van der Waals surface area contributed by atoms with Crippen molar-refractivity contribution in [3.63, 3.8) is 0 Å². The number of anilines is 1. The fourth-order valence-electron chi connectivity index (χ4n) is 4.15. The van der Waals surface area contributed by atoms with Gasteiger partial charge in [-0.2, -0.15) is 0 Å². The predicted molar refractivity (Wildman–Crippen MR) is 135 cm³/mol. The fourth-order valence-corrected chi connectivity index (χ4v) is 4.66. The number of halogens is 1. The van der Waals surface area contributed by atoms with E-state index in [0.717, 1.165) is 39.8 Å². The molecule has 0 radical (unpaired) electrons. The molecular weight excluding hydrogens is 454 g/mol. The van der Waals surface area contributed by atoms with Crippen molar-refractivity contribution >= 4 is 34.6 Å². The molecule has 0 unspecified atom stereocenters. The van der Waals surface area contributed by atoms with E-state index in [1.54, 1.807) is 13.3 Å². The lowest BCUT2D eigenvalue weighted by Crippen LogP contribution is -2.29. The number of nitrogens with zero attached hydrogens (tertiary/aromatic N) is 2. The lowest BCUT2D eigenvalue weighted by molar-refractivity contribution is 0.409. The van der Waals surface area contributed by atoms with Gasteiger partial charge in [0.25, 0.3) is 0 Å². The molecule has 1 aliphatic rings. The summed E-state index contributed by atoms with van der Waals surface area (Å²) < 4.78 is 12.0. The molecule has 5 nitrogen and oxygen atoms in total. The number of aromatic nitrogens is 1. The lowest BCUT2D eigenvalue weighted by atomic mass is 10.0. The van der Waals surface area contributed by atoms with E-state index in [0.29, 0.717) is 10.1 Å². The largest absolute Gasteiger partial charge is 0.495 e. The van der Waals surface area contributed by atoms with Gasteiger partial charge in [-0.1, -0.05) is 41.9 Å². The van der Waals surface area contributed by atoms with E-state index < -0.39 is 0 Å². The van der Waals surface area contributed by atoms with Gasteiger partial charge >= 0.3 is 0 Å². The molecule has 1 N–H and O–H groups in total. The maximum atomic E-state index is 6.41. The molecule has 1 saturated heterocycles. The van der Waals surface area contributed by atoms with E-state index in [1.807, 2.05) is 84.6 Å². The van der Waals surface area contributed by atoms with Crippen LogP contribution in [-0.2, 0) is 0 Å². The molecular formula is C26H22ClN3O2S. The maximum absolute atomic E-state index is 6.41. The Morgan fingerprint density at radius 3 is 2.64 bits per heavy atom. The van der Waals surface area contributed by atoms with Crippen molar-refractivity contribution in [3.05, 3.63) is 101 Å². The molecule has 5 rings (SSSR count). The van der Waals surface area contributed by atoms with Gasteiger partial charge in [-0.05, 0) is 67.2 Å². The number of furan rings is 1. The monoisotopic (exact) mass is 475 g/mol. The number of nitrogens with one attached hydrogen (secondary N) is 1. The highest BCUT2D eigenvalue weighted by Gasteiger charge is 2.43. The van der Waals surface area contributed by atoms with Crippen molar-refractivity contribution in [2.24, 2.45) is 0 Å². The number of para-hydroxylation sites is 2. The highest BCUT2D eigenvalue weighted by molar-refractivity contribution is 7.80. The Morgan fingerprint density at radius 1 is 1.06 bits per heavy atom. The zero-order valence-corrected chi connectivity index (χ0v) is 19.7. The minimum atomic E-state index is -0.265. The standard InChI is InChI=1S/C26H22ClN3O2S/c1-16-10-11-17(15-18(16)27)21-12-13-23(32-21)25-24(19-7-5-6-14-28-19)29-26(33)30(25)20-8-3-4-9-22(20)31-2/h3-15,24-25H,1-2H3,(H,29,33)/t24-,25+/m0/s1. The summed E-state index contributed by atoms with van der Waals surface area (Å²) in [5.41, 5.74) is 3.68. The van der Waals surface area contributed by atoms with Crippen LogP contribution in [0, 0.1) is 6.92 Å². The van der Waals surface area contributed by atoms with Crippen LogP contribution < -0.4 is 15.0 Å². The number of benzene rings is 2. The molecule has 2 aromatic heterocycles. The van der Waals surface area contributed by atoms with Crippen molar-refractivity contribution in [2.45, 2.75) is 19.0 Å². The summed E-state index contributed by atoms with van der Waals surface area (Å²) >= 11 is 12.1. The summed E-state index contributed by atoms with van der Waals surface area (Å²) in [4.78, 5) is 6.63. The molecule has 166 valence electrons. The molecule has 33 heavy (non-hydrogen) atoms. The molecule has 0 spiro atoms. The van der Waals surface area contributed by atoms with E-state index in [-0.39, 0.29) is 12.1 Å². The van der Waals surface area contributed by atoms with Crippen LogP contribution in [-0.4, -0.2) is 17.2 Å². The van der Waals surface area contributed by atoms with Crippen LogP contribution in [0.3, 0.4) is 0 Å². The van der Waals surface area contributed by atoms with Crippen LogP contribution in [0.4, 0.5) is 5.69 Å². The summed E-state index contributed by atoms with van der Waals surface area (Å²) in [5, 5.41) is 4.73. The number of methoxy groups -OCH3 is 1. The van der Waals surface area contributed by atoms with Crippen LogP contribution in [0.15, 0.2) is 83.4 Å². The number of thiocarbonyl (C=S) groups is 1. The smallest absolute Gasteiger partial charge is 0.174 e. The number of ether oxygens (including phenoxy) is 1. The first-order valence-electron chi connectivity index (χ1n) is 10.6. The van der Waals surface area contributed by atoms with Gasteiger partial charge in [-0.15, -0.1) is 0 Å². The predicted octanol–water partition coefficient (Wildman–Crippen LogP) is 6.49. The minimum Gasteiger partial charge on any atom is -0.495 e. The summed E-state index contributed by atoms with van der Waals surface area (Å²) in [6.07, 6.45) is 1.78. The normalized spacial score (nSPS) is 17.8. The van der Waals surface area contributed by atoms with Crippen molar-refractivity contribution in [1.82, 2.24) is 10.3 Å². The Labute approximate surface area is 203 Å². The van der Waals surface area contributed by atoms with Crippen LogP contribution in [0.1, 0.15) is 29.1 Å². The molecule has 0 amide bonds. The van der Waals surface area contributed by atoms with Crippen LogP contribution >= 0.6 is 23.8 Å². The van der Waals surface area contributed by atoms with E-state index in [1.165, 1.54) is 0 Å². The Kier molecular flexibility index (Phi) is 5.79. The molecule has 1 aliphatic heterocycles. The number of hydrogen-bond acceptors (Lipinski definition) is 4. The second-order valence-corrected chi connectivity index (χ2v) is 8.63. The van der Waals surface area contributed by atoms with E-state index in [4.69, 9.17) is 33.0 Å². The molecule has 2 aromatic carbocycles. The third-order valence-corrected chi connectivity index (χ3v) is 6.54. The van der Waals surface area contributed by atoms with Gasteiger partial charge in [0, 0.05) is 16.8 Å². The van der Waals surface area contributed by atoms with Gasteiger partial charge in [-0.25, -0.2) is 0 Å². The molecule has 0 saturated carbocycles. The van der Waals surface area contributed by atoms with Gasteiger partial charge in [0.05, 0.1) is 24.5 Å². The second-order valence-electron chi connectivity index (χ2n) is 7.83. The first kappa shape index (κ1) is 21.5. The first-order valence-corrected chi connectivity index (χ1v) is 11.4. The van der Waals surface area contributed by atoms with Gasteiger partial charge in [0.2, 0.25) is 0 Å². The minimum absolute atomic E-state index is 0.204. The molecule has 4 aromatic rings. The van der Waals surface area contributed by atoms with E-state index in [9.17, 15) is 0 Å². The Morgan fingerprint density at radius 2 is 1.88 bits per heavy atom. The molecule has 0 aliphatic carbocycles. The second kappa shape index (κ2) is 8.89. The van der Waals surface area contributed by atoms with Crippen LogP contribution in [0.5, 0.6) is 5.75 Å². The summed E-state index contributed by atoms with van der Waals surface area (Å²) in [6.45, 7) is 1.98. The van der Waals surface area contributed by atoms with Crippen LogP contribution in [0.25, 0.3) is 11.3 Å². The summed E-state index contributed by atoms with van der Waals surface area (Å²) in [7, 11) is 1.66. The highest BCUT2D eigenvalue weighted by Crippen LogP contribution is 2.45. The zero-order valence-electron chi connectivity index (χ0n) is 18.2. The van der Waals surface area contributed by atoms with Gasteiger partial charge in [-0.3, -0.25) is 4.98 Å². The third-order valence-electron chi connectivity index (χ3n) is 5.82.